The molecule has 0 aliphatic carbocycles. The van der Waals surface area contributed by atoms with Crippen LogP contribution in [0.4, 0.5) is 0 Å². The Morgan fingerprint density at radius 1 is 1.29 bits per heavy atom. The summed E-state index contributed by atoms with van der Waals surface area (Å²) in [6, 6.07) is 7.92. The fourth-order valence-corrected chi connectivity index (χ4v) is 3.89. The number of aryl methyl sites for hydroxylation is 2. The minimum absolute atomic E-state index is 0.113. The molecule has 1 aliphatic rings. The molecular weight excluding hydrogens is 322 g/mol. The number of ether oxygens (including phenoxy) is 1. The van der Waals surface area contributed by atoms with E-state index < -0.39 is 0 Å². The van der Waals surface area contributed by atoms with E-state index in [1.165, 1.54) is 0 Å². The Morgan fingerprint density at radius 2 is 2.21 bits per heavy atom. The molecule has 0 N–H and O–H groups in total. The van der Waals surface area contributed by atoms with E-state index in [0.29, 0.717) is 0 Å². The molecule has 1 aromatic carbocycles. The molecule has 0 saturated carbocycles. The van der Waals surface area contributed by atoms with Crippen molar-refractivity contribution in [3.05, 3.63) is 46.2 Å². The standard InChI is InChI=1S/C18H21N3O2S/c1-13-12-24-18(19-13)16-11-21(9-10-22-16)8-4-7-17-20-14-5-2-3-6-15(14)23-17/h2-3,5-6,12,16H,4,7-11H2,1H3/t16-/m0/s1. The molecule has 0 unspecified atom stereocenters. The van der Waals surface area contributed by atoms with Gasteiger partial charge in [-0.25, -0.2) is 9.97 Å². The van der Waals surface area contributed by atoms with E-state index in [1.807, 2.05) is 31.2 Å². The Kier molecular flexibility index (Phi) is 4.60. The Bertz CT molecular complexity index is 780. The van der Waals surface area contributed by atoms with Crippen LogP contribution < -0.4 is 0 Å². The third-order valence-corrected chi connectivity index (χ3v) is 5.32. The minimum Gasteiger partial charge on any atom is -0.441 e. The van der Waals surface area contributed by atoms with E-state index in [0.717, 1.165) is 66.8 Å². The molecule has 1 atom stereocenters. The van der Waals surface area contributed by atoms with E-state index in [9.17, 15) is 0 Å². The second-order valence-corrected chi connectivity index (χ2v) is 7.06. The number of oxazole rings is 1. The van der Waals surface area contributed by atoms with Crippen molar-refractivity contribution in [3.8, 4) is 0 Å². The number of nitrogens with zero attached hydrogens (tertiary/aromatic N) is 3. The van der Waals surface area contributed by atoms with Gasteiger partial charge in [0.25, 0.3) is 0 Å². The third-order valence-electron chi connectivity index (χ3n) is 4.27. The molecule has 24 heavy (non-hydrogen) atoms. The zero-order valence-corrected chi connectivity index (χ0v) is 14.6. The first-order valence-corrected chi connectivity index (χ1v) is 9.26. The first-order valence-electron chi connectivity index (χ1n) is 8.38. The van der Waals surface area contributed by atoms with Crippen molar-refractivity contribution in [2.75, 3.05) is 26.2 Å². The van der Waals surface area contributed by atoms with E-state index in [2.05, 4.69) is 20.2 Å². The molecule has 3 aromatic rings. The predicted octanol–water partition coefficient (Wildman–Crippen LogP) is 3.60. The number of benzene rings is 1. The SMILES string of the molecule is Cc1csc([C@@H]2CN(CCCc3nc4ccccc4o3)CCO2)n1. The summed E-state index contributed by atoms with van der Waals surface area (Å²) in [5.41, 5.74) is 2.89. The second kappa shape index (κ2) is 7.01. The van der Waals surface area contributed by atoms with Crippen molar-refractivity contribution in [1.29, 1.82) is 0 Å². The molecule has 0 amide bonds. The Morgan fingerprint density at radius 3 is 3.04 bits per heavy atom. The van der Waals surface area contributed by atoms with Gasteiger partial charge in [-0.05, 0) is 32.0 Å². The number of hydrogen-bond donors (Lipinski definition) is 0. The molecule has 6 heteroatoms. The van der Waals surface area contributed by atoms with Crippen molar-refractivity contribution in [2.45, 2.75) is 25.9 Å². The van der Waals surface area contributed by atoms with Crippen LogP contribution in [0.2, 0.25) is 0 Å². The maximum atomic E-state index is 5.89. The van der Waals surface area contributed by atoms with E-state index >= 15 is 0 Å². The average Bonchev–Trinajstić information content (AvgIpc) is 3.21. The van der Waals surface area contributed by atoms with Crippen LogP contribution in [-0.2, 0) is 11.2 Å². The van der Waals surface area contributed by atoms with Gasteiger partial charge in [0.2, 0.25) is 0 Å². The summed E-state index contributed by atoms with van der Waals surface area (Å²) in [7, 11) is 0. The van der Waals surface area contributed by atoms with Crippen LogP contribution in [-0.4, -0.2) is 41.1 Å². The fraction of sp³-hybridized carbons (Fsp3) is 0.444. The number of rotatable bonds is 5. The van der Waals surface area contributed by atoms with Crippen molar-refractivity contribution < 1.29 is 9.15 Å². The van der Waals surface area contributed by atoms with Gasteiger partial charge in [0.15, 0.2) is 11.5 Å². The first kappa shape index (κ1) is 15.7. The molecule has 1 aliphatic heterocycles. The molecule has 5 nitrogen and oxygen atoms in total. The topological polar surface area (TPSA) is 51.4 Å². The summed E-state index contributed by atoms with van der Waals surface area (Å²) >= 11 is 1.69. The van der Waals surface area contributed by atoms with Crippen molar-refractivity contribution in [1.82, 2.24) is 14.9 Å². The van der Waals surface area contributed by atoms with Gasteiger partial charge in [-0.2, -0.15) is 0 Å². The summed E-state index contributed by atoms with van der Waals surface area (Å²) in [4.78, 5) is 11.6. The molecule has 0 spiro atoms. The Balaban J connectivity index is 1.30. The van der Waals surface area contributed by atoms with Crippen LogP contribution in [0.5, 0.6) is 0 Å². The van der Waals surface area contributed by atoms with Gasteiger partial charge in [0.1, 0.15) is 16.6 Å². The highest BCUT2D eigenvalue weighted by Gasteiger charge is 2.24. The summed E-state index contributed by atoms with van der Waals surface area (Å²) < 4.78 is 11.7. The summed E-state index contributed by atoms with van der Waals surface area (Å²) in [6.45, 7) is 5.73. The molecular formula is C18H21N3O2S. The highest BCUT2D eigenvalue weighted by molar-refractivity contribution is 7.09. The normalized spacial score (nSPS) is 19.1. The summed E-state index contributed by atoms with van der Waals surface area (Å²) in [5.74, 6) is 0.830. The third kappa shape index (κ3) is 3.50. The Labute approximate surface area is 145 Å². The van der Waals surface area contributed by atoms with Gasteiger partial charge in [-0.15, -0.1) is 11.3 Å². The van der Waals surface area contributed by atoms with Crippen LogP contribution in [0.1, 0.15) is 29.1 Å². The molecule has 126 valence electrons. The number of para-hydroxylation sites is 2. The highest BCUT2D eigenvalue weighted by atomic mass is 32.1. The lowest BCUT2D eigenvalue weighted by Crippen LogP contribution is -2.39. The molecule has 0 radical (unpaired) electrons. The number of morpholine rings is 1. The van der Waals surface area contributed by atoms with Crippen LogP contribution in [0.15, 0.2) is 34.1 Å². The van der Waals surface area contributed by atoms with Gasteiger partial charge < -0.3 is 9.15 Å². The molecule has 0 bridgehead atoms. The van der Waals surface area contributed by atoms with Crippen LogP contribution in [0, 0.1) is 6.92 Å². The molecule has 2 aromatic heterocycles. The highest BCUT2D eigenvalue weighted by Crippen LogP contribution is 2.25. The maximum absolute atomic E-state index is 5.89. The van der Waals surface area contributed by atoms with Gasteiger partial charge in [0.05, 0.1) is 6.61 Å². The quantitative estimate of drug-likeness (QED) is 0.708. The number of thiazole rings is 1. The van der Waals surface area contributed by atoms with Crippen LogP contribution in [0.3, 0.4) is 0 Å². The van der Waals surface area contributed by atoms with Gasteiger partial charge in [-0.1, -0.05) is 12.1 Å². The Hall–Kier alpha value is -1.76. The van der Waals surface area contributed by atoms with Crippen LogP contribution in [0.25, 0.3) is 11.1 Å². The van der Waals surface area contributed by atoms with E-state index in [4.69, 9.17) is 9.15 Å². The lowest BCUT2D eigenvalue weighted by molar-refractivity contribution is -0.0303. The number of hydrogen-bond acceptors (Lipinski definition) is 6. The van der Waals surface area contributed by atoms with E-state index in [1.54, 1.807) is 11.3 Å². The maximum Gasteiger partial charge on any atom is 0.195 e. The molecule has 4 rings (SSSR count). The smallest absolute Gasteiger partial charge is 0.195 e. The number of fused-ring (bicyclic) bond motifs is 1. The molecule has 3 heterocycles. The first-order chi connectivity index (χ1) is 11.8. The number of aromatic nitrogens is 2. The average molecular weight is 343 g/mol. The summed E-state index contributed by atoms with van der Waals surface area (Å²) in [6.07, 6.45) is 2.02. The monoisotopic (exact) mass is 343 g/mol. The zero-order valence-electron chi connectivity index (χ0n) is 13.8. The zero-order chi connectivity index (χ0) is 16.4. The van der Waals surface area contributed by atoms with Crippen molar-refractivity contribution in [3.63, 3.8) is 0 Å². The second-order valence-electron chi connectivity index (χ2n) is 6.17. The van der Waals surface area contributed by atoms with Crippen molar-refractivity contribution in [2.24, 2.45) is 0 Å². The largest absolute Gasteiger partial charge is 0.441 e. The summed E-state index contributed by atoms with van der Waals surface area (Å²) in [5, 5.41) is 3.18. The predicted molar refractivity (Wildman–Crippen MR) is 94.3 cm³/mol. The van der Waals surface area contributed by atoms with E-state index in [-0.39, 0.29) is 6.10 Å². The van der Waals surface area contributed by atoms with Crippen molar-refractivity contribution >= 4 is 22.4 Å². The fourth-order valence-electron chi connectivity index (χ4n) is 3.06. The molecule has 1 saturated heterocycles. The lowest BCUT2D eigenvalue weighted by Gasteiger charge is -2.31. The van der Waals surface area contributed by atoms with Gasteiger partial charge in [0, 0.05) is 30.6 Å². The lowest BCUT2D eigenvalue weighted by atomic mass is 10.2. The molecule has 1 fully saturated rings. The van der Waals surface area contributed by atoms with Gasteiger partial charge in [-0.3, -0.25) is 4.90 Å². The van der Waals surface area contributed by atoms with Crippen LogP contribution >= 0.6 is 11.3 Å². The minimum atomic E-state index is 0.113. The van der Waals surface area contributed by atoms with Gasteiger partial charge >= 0.3 is 0 Å².